The van der Waals surface area contributed by atoms with E-state index in [9.17, 15) is 4.79 Å². The molecule has 0 aliphatic rings. The Morgan fingerprint density at radius 1 is 1.09 bits per heavy atom. The summed E-state index contributed by atoms with van der Waals surface area (Å²) in [4.78, 5) is 11.0. The fourth-order valence-electron chi connectivity index (χ4n) is 2.25. The minimum atomic E-state index is -0.323. The number of unbranched alkanes of at least 4 members (excludes halogenated alkanes) is 2. The second-order valence-corrected chi connectivity index (χ2v) is 5.50. The van der Waals surface area contributed by atoms with Gasteiger partial charge < -0.3 is 4.74 Å². The molecule has 2 nitrogen and oxygen atoms in total. The zero-order valence-corrected chi connectivity index (χ0v) is 14.3. The van der Waals surface area contributed by atoms with Crippen LogP contribution in [0.3, 0.4) is 0 Å². The number of rotatable bonds is 10. The predicted octanol–water partition coefficient (Wildman–Crippen LogP) is 5.41. The lowest BCUT2D eigenvalue weighted by atomic mass is 10.0. The molecule has 1 rings (SSSR count). The summed E-state index contributed by atoms with van der Waals surface area (Å²) in [7, 11) is 1.38. The van der Waals surface area contributed by atoms with Crippen LogP contribution in [0.4, 0.5) is 0 Å². The lowest BCUT2D eigenvalue weighted by molar-refractivity contribution is -0.134. The van der Waals surface area contributed by atoms with Gasteiger partial charge in [-0.2, -0.15) is 0 Å². The predicted molar refractivity (Wildman–Crippen MR) is 97.3 cm³/mol. The summed E-state index contributed by atoms with van der Waals surface area (Å²) in [6, 6.07) is 10.6. The smallest absolute Gasteiger partial charge is 0.330 e. The number of aryl methyl sites for hydroxylation is 1. The molecule has 0 bridgehead atoms. The number of carbonyl (C=O) groups excluding carboxylic acids is 1. The highest BCUT2D eigenvalue weighted by molar-refractivity contribution is 5.82. The van der Waals surface area contributed by atoms with Gasteiger partial charge in [-0.05, 0) is 37.7 Å². The molecular formula is C21H28O2. The molecule has 0 aromatic heterocycles. The highest BCUT2D eigenvalue weighted by atomic mass is 16.5. The summed E-state index contributed by atoms with van der Waals surface area (Å²) < 4.78 is 4.57. The summed E-state index contributed by atoms with van der Waals surface area (Å²) in [5.74, 6) is -0.323. The first-order chi connectivity index (χ1) is 11.3. The standard InChI is InChI=1S/C21H28O2/c1-3-4-12-19(17-10-11-18-21(22)23-2)15-8-9-16-20-13-6-5-7-14-20/h5-7,10-11,13-15,17-18H,3-4,8-9,12,16H2,1-2H3/b17-10+,18-11+,19-15+. The first-order valence-electron chi connectivity index (χ1n) is 8.42. The normalized spacial score (nSPS) is 12.2. The Labute approximate surface area is 140 Å². The van der Waals surface area contributed by atoms with Gasteiger partial charge in [-0.1, -0.05) is 73.6 Å². The summed E-state index contributed by atoms with van der Waals surface area (Å²) in [5, 5.41) is 0. The molecule has 0 N–H and O–H groups in total. The SMILES string of the molecule is CCCCC(/C=C/C=C/C(=O)OC)=C\CCCc1ccccc1. The maximum absolute atomic E-state index is 11.0. The minimum Gasteiger partial charge on any atom is -0.466 e. The largest absolute Gasteiger partial charge is 0.466 e. The molecule has 0 heterocycles. The molecular weight excluding hydrogens is 284 g/mol. The number of benzene rings is 1. The number of hydrogen-bond acceptors (Lipinski definition) is 2. The van der Waals surface area contributed by atoms with E-state index < -0.39 is 0 Å². The Bertz CT molecular complexity index is 524. The number of hydrogen-bond donors (Lipinski definition) is 0. The van der Waals surface area contributed by atoms with Gasteiger partial charge in [0.05, 0.1) is 7.11 Å². The summed E-state index contributed by atoms with van der Waals surface area (Å²) in [6.45, 7) is 2.20. The van der Waals surface area contributed by atoms with E-state index in [1.54, 1.807) is 6.08 Å². The molecule has 0 atom stereocenters. The van der Waals surface area contributed by atoms with Crippen molar-refractivity contribution in [2.75, 3.05) is 7.11 Å². The van der Waals surface area contributed by atoms with Crippen molar-refractivity contribution in [1.29, 1.82) is 0 Å². The van der Waals surface area contributed by atoms with Crippen molar-refractivity contribution in [2.24, 2.45) is 0 Å². The van der Waals surface area contributed by atoms with E-state index in [1.165, 1.54) is 37.2 Å². The average molecular weight is 312 g/mol. The summed E-state index contributed by atoms with van der Waals surface area (Å²) in [6.07, 6.45) is 16.3. The lowest BCUT2D eigenvalue weighted by Crippen LogP contribution is -1.92. The van der Waals surface area contributed by atoms with Gasteiger partial charge >= 0.3 is 5.97 Å². The van der Waals surface area contributed by atoms with Gasteiger partial charge in [-0.3, -0.25) is 0 Å². The molecule has 0 radical (unpaired) electrons. The second kappa shape index (κ2) is 12.5. The van der Waals surface area contributed by atoms with Crippen LogP contribution < -0.4 is 0 Å². The molecule has 1 aromatic carbocycles. The van der Waals surface area contributed by atoms with Crippen molar-refractivity contribution >= 4 is 5.97 Å². The molecule has 23 heavy (non-hydrogen) atoms. The Kier molecular flexibility index (Phi) is 10.3. The van der Waals surface area contributed by atoms with E-state index in [0.717, 1.165) is 25.7 Å². The van der Waals surface area contributed by atoms with Crippen molar-refractivity contribution in [2.45, 2.75) is 45.4 Å². The van der Waals surface area contributed by atoms with Gasteiger partial charge in [0.2, 0.25) is 0 Å². The zero-order valence-electron chi connectivity index (χ0n) is 14.3. The third-order valence-corrected chi connectivity index (χ3v) is 3.59. The van der Waals surface area contributed by atoms with E-state index in [0.29, 0.717) is 0 Å². The molecule has 0 saturated carbocycles. The van der Waals surface area contributed by atoms with Crippen LogP contribution in [0.2, 0.25) is 0 Å². The molecule has 0 amide bonds. The molecule has 2 heteroatoms. The van der Waals surface area contributed by atoms with Crippen molar-refractivity contribution < 1.29 is 9.53 Å². The van der Waals surface area contributed by atoms with E-state index in [-0.39, 0.29) is 5.97 Å². The fraction of sp³-hybridized carbons (Fsp3) is 0.381. The highest BCUT2D eigenvalue weighted by Gasteiger charge is 1.94. The molecule has 0 aliphatic heterocycles. The number of methoxy groups -OCH3 is 1. The van der Waals surface area contributed by atoms with Gasteiger partial charge in [-0.25, -0.2) is 4.79 Å². The first-order valence-corrected chi connectivity index (χ1v) is 8.42. The van der Waals surface area contributed by atoms with Gasteiger partial charge in [-0.15, -0.1) is 0 Å². The number of carbonyl (C=O) groups is 1. The van der Waals surface area contributed by atoms with Gasteiger partial charge in [0.25, 0.3) is 0 Å². The molecule has 0 saturated heterocycles. The highest BCUT2D eigenvalue weighted by Crippen LogP contribution is 2.12. The van der Waals surface area contributed by atoms with Crippen LogP contribution in [0, 0.1) is 0 Å². The van der Waals surface area contributed by atoms with Crippen molar-refractivity contribution in [3.8, 4) is 0 Å². The van der Waals surface area contributed by atoms with Crippen LogP contribution in [-0.2, 0) is 16.0 Å². The average Bonchev–Trinajstić information content (AvgIpc) is 2.59. The van der Waals surface area contributed by atoms with E-state index in [1.807, 2.05) is 6.08 Å². The molecule has 0 aliphatic carbocycles. The maximum atomic E-state index is 11.0. The number of esters is 1. The van der Waals surface area contributed by atoms with E-state index >= 15 is 0 Å². The third kappa shape index (κ3) is 9.51. The quantitative estimate of drug-likeness (QED) is 0.250. The summed E-state index contributed by atoms with van der Waals surface area (Å²) in [5.41, 5.74) is 2.74. The Morgan fingerprint density at radius 3 is 2.52 bits per heavy atom. The van der Waals surface area contributed by atoms with Crippen LogP contribution in [0.5, 0.6) is 0 Å². The van der Waals surface area contributed by atoms with Gasteiger partial charge in [0.1, 0.15) is 0 Å². The molecule has 124 valence electrons. The van der Waals surface area contributed by atoms with Crippen molar-refractivity contribution in [3.63, 3.8) is 0 Å². The molecule has 0 fully saturated rings. The van der Waals surface area contributed by atoms with Gasteiger partial charge in [0, 0.05) is 6.08 Å². The van der Waals surface area contributed by atoms with Gasteiger partial charge in [0.15, 0.2) is 0 Å². The second-order valence-electron chi connectivity index (χ2n) is 5.50. The topological polar surface area (TPSA) is 26.3 Å². The Balaban J connectivity index is 2.46. The fourth-order valence-corrected chi connectivity index (χ4v) is 2.25. The minimum absolute atomic E-state index is 0.323. The van der Waals surface area contributed by atoms with Crippen LogP contribution in [-0.4, -0.2) is 13.1 Å². The zero-order chi connectivity index (χ0) is 16.8. The third-order valence-electron chi connectivity index (χ3n) is 3.59. The van der Waals surface area contributed by atoms with Crippen LogP contribution >= 0.6 is 0 Å². The van der Waals surface area contributed by atoms with Crippen molar-refractivity contribution in [3.05, 3.63) is 71.8 Å². The Hall–Kier alpha value is -2.09. The van der Waals surface area contributed by atoms with Crippen molar-refractivity contribution in [1.82, 2.24) is 0 Å². The number of ether oxygens (including phenoxy) is 1. The van der Waals surface area contributed by atoms with Crippen LogP contribution in [0.1, 0.15) is 44.6 Å². The molecule has 0 spiro atoms. The van der Waals surface area contributed by atoms with E-state index in [2.05, 4.69) is 54.1 Å². The summed E-state index contributed by atoms with van der Waals surface area (Å²) >= 11 is 0. The first kappa shape index (κ1) is 19.0. The lowest BCUT2D eigenvalue weighted by Gasteiger charge is -2.02. The monoisotopic (exact) mass is 312 g/mol. The van der Waals surface area contributed by atoms with Crippen LogP contribution in [0.15, 0.2) is 66.3 Å². The number of allylic oxidation sites excluding steroid dienone is 5. The maximum Gasteiger partial charge on any atom is 0.330 e. The molecule has 0 unspecified atom stereocenters. The van der Waals surface area contributed by atoms with E-state index in [4.69, 9.17) is 0 Å². The Morgan fingerprint density at radius 2 is 1.83 bits per heavy atom. The molecule has 1 aromatic rings. The van der Waals surface area contributed by atoms with Crippen LogP contribution in [0.25, 0.3) is 0 Å².